The number of carbonyl (C=O) groups excluding carboxylic acids is 1. The molecule has 1 aromatic rings. The Morgan fingerprint density at radius 1 is 1.24 bits per heavy atom. The van der Waals surface area contributed by atoms with Crippen LogP contribution >= 0.6 is 0 Å². The summed E-state index contributed by atoms with van der Waals surface area (Å²) in [5.74, 6) is -0.0240. The fraction of sp³-hybridized carbons (Fsp3) is 0.611. The van der Waals surface area contributed by atoms with Gasteiger partial charge in [-0.25, -0.2) is 0 Å². The molecule has 0 saturated carbocycles. The van der Waals surface area contributed by atoms with Crippen LogP contribution < -0.4 is 10.1 Å². The molecule has 0 saturated heterocycles. The van der Waals surface area contributed by atoms with Gasteiger partial charge in [-0.3, -0.25) is 14.9 Å². The maximum absolute atomic E-state index is 11.7. The van der Waals surface area contributed by atoms with Gasteiger partial charge in [0.2, 0.25) is 0 Å². The fourth-order valence-corrected chi connectivity index (χ4v) is 2.17. The normalized spacial score (nSPS) is 11.0. The van der Waals surface area contributed by atoms with Crippen LogP contribution in [0.3, 0.4) is 0 Å². The van der Waals surface area contributed by atoms with Crippen molar-refractivity contribution in [3.63, 3.8) is 0 Å². The van der Waals surface area contributed by atoms with Crippen molar-refractivity contribution in [2.75, 3.05) is 18.5 Å². The number of carbonyl (C=O) groups is 1. The first-order chi connectivity index (χ1) is 11.7. The molecule has 0 amide bonds. The molecule has 7 nitrogen and oxygen atoms in total. The van der Waals surface area contributed by atoms with Crippen LogP contribution in [0.4, 0.5) is 11.4 Å². The number of nitrogens with zero attached hydrogens (tertiary/aromatic N) is 1. The first-order valence-corrected chi connectivity index (χ1v) is 8.60. The van der Waals surface area contributed by atoms with Crippen molar-refractivity contribution >= 4 is 17.3 Å². The summed E-state index contributed by atoms with van der Waals surface area (Å²) in [5.41, 5.74) is -0.469. The average Bonchev–Trinajstić information content (AvgIpc) is 2.51. The second-order valence-electron chi connectivity index (χ2n) is 6.79. The predicted octanol–water partition coefficient (Wildman–Crippen LogP) is 4.31. The van der Waals surface area contributed by atoms with Crippen LogP contribution in [-0.4, -0.2) is 29.6 Å². The zero-order valence-corrected chi connectivity index (χ0v) is 15.5. The zero-order valence-electron chi connectivity index (χ0n) is 15.5. The molecule has 0 fully saturated rings. The maximum Gasteiger partial charge on any atom is 0.325 e. The molecule has 1 N–H and O–H groups in total. The Labute approximate surface area is 148 Å². The summed E-state index contributed by atoms with van der Waals surface area (Å²) in [6.07, 6.45) is 4.29. The molecule has 0 aliphatic carbocycles. The van der Waals surface area contributed by atoms with E-state index in [0.717, 1.165) is 25.7 Å². The third kappa shape index (κ3) is 8.37. The van der Waals surface area contributed by atoms with Crippen molar-refractivity contribution in [2.45, 2.75) is 59.0 Å². The maximum atomic E-state index is 11.7. The van der Waals surface area contributed by atoms with Crippen molar-refractivity contribution < 1.29 is 19.2 Å². The number of benzene rings is 1. The van der Waals surface area contributed by atoms with Crippen LogP contribution in [0, 0.1) is 10.1 Å². The molecule has 0 bridgehead atoms. The van der Waals surface area contributed by atoms with Crippen LogP contribution in [0.1, 0.15) is 53.4 Å². The number of unbranched alkanes of at least 4 members (excludes halogenated alkanes) is 3. The number of hydrogen-bond acceptors (Lipinski definition) is 6. The highest BCUT2D eigenvalue weighted by Crippen LogP contribution is 2.29. The number of nitro benzene ring substituents is 1. The summed E-state index contributed by atoms with van der Waals surface area (Å²) in [5, 5.41) is 14.0. The monoisotopic (exact) mass is 352 g/mol. The lowest BCUT2D eigenvalue weighted by Gasteiger charge is -2.19. The Bertz CT molecular complexity index is 581. The van der Waals surface area contributed by atoms with E-state index in [0.29, 0.717) is 12.4 Å². The number of nitro groups is 1. The second-order valence-corrected chi connectivity index (χ2v) is 6.79. The molecule has 0 aliphatic rings. The SMILES string of the molecule is CCCCCCOc1ccc(NCC(=O)OC(C)(C)C)c([N+](=O)[O-])c1. The predicted molar refractivity (Wildman–Crippen MR) is 97.1 cm³/mol. The number of rotatable bonds is 10. The molecule has 0 unspecified atom stereocenters. The molecule has 0 radical (unpaired) electrons. The molecule has 7 heteroatoms. The smallest absolute Gasteiger partial charge is 0.325 e. The molecule has 25 heavy (non-hydrogen) atoms. The van der Waals surface area contributed by atoms with E-state index in [1.807, 2.05) is 0 Å². The largest absolute Gasteiger partial charge is 0.493 e. The van der Waals surface area contributed by atoms with Crippen LogP contribution in [0.2, 0.25) is 0 Å². The minimum absolute atomic E-state index is 0.130. The van der Waals surface area contributed by atoms with Gasteiger partial charge in [-0.2, -0.15) is 0 Å². The highest BCUT2D eigenvalue weighted by molar-refractivity contribution is 5.77. The van der Waals surface area contributed by atoms with Crippen LogP contribution in [0.15, 0.2) is 18.2 Å². The lowest BCUT2D eigenvalue weighted by molar-refractivity contribution is -0.384. The molecular formula is C18H28N2O5. The lowest BCUT2D eigenvalue weighted by atomic mass is 10.2. The van der Waals surface area contributed by atoms with Gasteiger partial charge < -0.3 is 14.8 Å². The first kappa shape index (κ1) is 20.7. The van der Waals surface area contributed by atoms with Gasteiger partial charge in [0.1, 0.15) is 23.6 Å². The van der Waals surface area contributed by atoms with E-state index in [9.17, 15) is 14.9 Å². The van der Waals surface area contributed by atoms with E-state index in [1.54, 1.807) is 32.9 Å². The summed E-state index contributed by atoms with van der Waals surface area (Å²) in [6.45, 7) is 7.81. The van der Waals surface area contributed by atoms with Gasteiger partial charge in [0.25, 0.3) is 5.69 Å². The fourth-order valence-electron chi connectivity index (χ4n) is 2.17. The third-order valence-electron chi connectivity index (χ3n) is 3.28. The van der Waals surface area contributed by atoms with Gasteiger partial charge in [-0.1, -0.05) is 26.2 Å². The highest BCUT2D eigenvalue weighted by Gasteiger charge is 2.19. The standard InChI is InChI=1S/C18H28N2O5/c1-5-6-7-8-11-24-14-9-10-15(16(12-14)20(22)23)19-13-17(21)25-18(2,3)4/h9-10,12,19H,5-8,11,13H2,1-4H3. The van der Waals surface area contributed by atoms with Gasteiger partial charge in [0.05, 0.1) is 17.6 Å². The number of ether oxygens (including phenoxy) is 2. The van der Waals surface area contributed by atoms with Crippen molar-refractivity contribution in [3.05, 3.63) is 28.3 Å². The Morgan fingerprint density at radius 3 is 2.56 bits per heavy atom. The van der Waals surface area contributed by atoms with Gasteiger partial charge in [-0.15, -0.1) is 0 Å². The van der Waals surface area contributed by atoms with Gasteiger partial charge in [0, 0.05) is 0 Å². The van der Waals surface area contributed by atoms with Crippen molar-refractivity contribution in [1.29, 1.82) is 0 Å². The van der Waals surface area contributed by atoms with E-state index in [4.69, 9.17) is 9.47 Å². The minimum atomic E-state index is -0.597. The van der Waals surface area contributed by atoms with Crippen molar-refractivity contribution in [2.24, 2.45) is 0 Å². The molecule has 0 aliphatic heterocycles. The number of anilines is 1. The van der Waals surface area contributed by atoms with E-state index in [1.165, 1.54) is 6.07 Å². The van der Waals surface area contributed by atoms with Crippen molar-refractivity contribution in [1.82, 2.24) is 0 Å². The Balaban J connectivity index is 2.65. The van der Waals surface area contributed by atoms with E-state index >= 15 is 0 Å². The summed E-state index contributed by atoms with van der Waals surface area (Å²) < 4.78 is 10.7. The zero-order chi connectivity index (χ0) is 18.9. The summed E-state index contributed by atoms with van der Waals surface area (Å²) in [7, 11) is 0. The van der Waals surface area contributed by atoms with Crippen molar-refractivity contribution in [3.8, 4) is 5.75 Å². The number of hydrogen-bond donors (Lipinski definition) is 1. The van der Waals surface area contributed by atoms with E-state index in [2.05, 4.69) is 12.2 Å². The Hall–Kier alpha value is -2.31. The Morgan fingerprint density at radius 2 is 1.96 bits per heavy atom. The van der Waals surface area contributed by atoms with Gasteiger partial charge in [0.15, 0.2) is 0 Å². The number of nitrogens with one attached hydrogen (secondary N) is 1. The molecular weight excluding hydrogens is 324 g/mol. The van der Waals surface area contributed by atoms with E-state index < -0.39 is 16.5 Å². The summed E-state index contributed by atoms with van der Waals surface area (Å²) in [4.78, 5) is 22.5. The summed E-state index contributed by atoms with van der Waals surface area (Å²) >= 11 is 0. The molecule has 0 aromatic heterocycles. The minimum Gasteiger partial charge on any atom is -0.493 e. The van der Waals surface area contributed by atoms with Gasteiger partial charge >= 0.3 is 5.97 Å². The lowest BCUT2D eigenvalue weighted by Crippen LogP contribution is -2.28. The number of esters is 1. The quantitative estimate of drug-likeness (QED) is 0.292. The van der Waals surface area contributed by atoms with Crippen LogP contribution in [-0.2, 0) is 9.53 Å². The summed E-state index contributed by atoms with van der Waals surface area (Å²) in [6, 6.07) is 4.57. The third-order valence-corrected chi connectivity index (χ3v) is 3.28. The molecule has 0 heterocycles. The molecule has 1 rings (SSSR count). The second kappa shape index (κ2) is 9.86. The van der Waals surface area contributed by atoms with Crippen LogP contribution in [0.5, 0.6) is 5.75 Å². The van der Waals surface area contributed by atoms with E-state index in [-0.39, 0.29) is 17.9 Å². The highest BCUT2D eigenvalue weighted by atomic mass is 16.6. The Kier molecular flexibility index (Phi) is 8.18. The molecule has 0 spiro atoms. The first-order valence-electron chi connectivity index (χ1n) is 8.60. The van der Waals surface area contributed by atoms with Gasteiger partial charge in [-0.05, 0) is 39.3 Å². The molecule has 140 valence electrons. The topological polar surface area (TPSA) is 90.7 Å². The molecule has 0 atom stereocenters. The molecule has 1 aromatic carbocycles. The van der Waals surface area contributed by atoms with Crippen LogP contribution in [0.25, 0.3) is 0 Å². The average molecular weight is 352 g/mol.